The molecule has 2 N–H and O–H groups in total. The number of nitrogens with one attached hydrogen (secondary N) is 2. The first-order valence-corrected chi connectivity index (χ1v) is 11.4. The van der Waals surface area contributed by atoms with Crippen LogP contribution in [-0.4, -0.2) is 38.1 Å². The molecule has 3 rings (SSSR count). The summed E-state index contributed by atoms with van der Waals surface area (Å²) in [5.41, 5.74) is 6.16. The van der Waals surface area contributed by atoms with E-state index in [1.54, 1.807) is 36.4 Å². The van der Waals surface area contributed by atoms with Crippen molar-refractivity contribution in [2.45, 2.75) is 11.8 Å². The second kappa shape index (κ2) is 9.38. The summed E-state index contributed by atoms with van der Waals surface area (Å²) < 4.78 is 39.0. The number of hydrogen-bond acceptors (Lipinski definition) is 5. The van der Waals surface area contributed by atoms with Crippen molar-refractivity contribution in [2.24, 2.45) is 0 Å². The Hall–Kier alpha value is -3.08. The lowest BCUT2D eigenvalue weighted by Crippen LogP contribution is -2.46. The first kappa shape index (κ1) is 22.6. The van der Waals surface area contributed by atoms with E-state index in [0.717, 1.165) is 20.3 Å². The molecule has 10 heteroatoms. The van der Waals surface area contributed by atoms with Gasteiger partial charge >= 0.3 is 0 Å². The van der Waals surface area contributed by atoms with Gasteiger partial charge in [-0.3, -0.25) is 20.4 Å². The maximum atomic E-state index is 13.0. The van der Waals surface area contributed by atoms with E-state index in [2.05, 4.69) is 10.9 Å². The molecule has 0 aliphatic heterocycles. The molecule has 1 aromatic heterocycles. The Balaban J connectivity index is 1.56. The van der Waals surface area contributed by atoms with Crippen LogP contribution >= 0.6 is 11.3 Å². The second-order valence-electron chi connectivity index (χ2n) is 6.75. The molecule has 3 aromatic rings. The largest absolute Gasteiger partial charge is 0.279 e. The molecular weight excluding hydrogens is 441 g/mol. The SMILES string of the molecule is Cc1ccc(S(=O)(=O)N(C)CC(=O)NNC(=O)c2ccc(-c3ccc(F)cc3)s2)cc1. The average Bonchev–Trinajstić information content (AvgIpc) is 3.23. The zero-order valence-electron chi connectivity index (χ0n) is 16.8. The Morgan fingerprint density at radius 2 is 1.61 bits per heavy atom. The van der Waals surface area contributed by atoms with E-state index in [0.29, 0.717) is 4.88 Å². The minimum atomic E-state index is -3.84. The Morgan fingerprint density at radius 3 is 2.26 bits per heavy atom. The van der Waals surface area contributed by atoms with Gasteiger partial charge in [0.15, 0.2) is 0 Å². The number of carbonyl (C=O) groups excluding carboxylic acids is 2. The Kier molecular flexibility index (Phi) is 6.84. The predicted octanol–water partition coefficient (Wildman–Crippen LogP) is 2.94. The monoisotopic (exact) mass is 461 g/mol. The van der Waals surface area contributed by atoms with Gasteiger partial charge in [-0.15, -0.1) is 11.3 Å². The summed E-state index contributed by atoms with van der Waals surface area (Å²) in [6, 6.07) is 15.4. The number of halogens is 1. The highest BCUT2D eigenvalue weighted by atomic mass is 32.2. The number of amides is 2. The van der Waals surface area contributed by atoms with Gasteiger partial charge in [-0.1, -0.05) is 29.8 Å². The maximum absolute atomic E-state index is 13.0. The van der Waals surface area contributed by atoms with E-state index in [1.165, 1.54) is 42.6 Å². The van der Waals surface area contributed by atoms with E-state index < -0.39 is 28.4 Å². The van der Waals surface area contributed by atoms with Crippen molar-refractivity contribution in [1.82, 2.24) is 15.2 Å². The van der Waals surface area contributed by atoms with Crippen LogP contribution in [-0.2, 0) is 14.8 Å². The van der Waals surface area contributed by atoms with Crippen LogP contribution in [0.1, 0.15) is 15.2 Å². The smallest absolute Gasteiger partial charge is 0.272 e. The fraction of sp³-hybridized carbons (Fsp3) is 0.143. The molecule has 0 radical (unpaired) electrons. The molecular formula is C21H20FN3O4S2. The first-order valence-electron chi connectivity index (χ1n) is 9.15. The fourth-order valence-corrected chi connectivity index (χ4v) is 4.67. The minimum absolute atomic E-state index is 0.0735. The number of sulfonamides is 1. The summed E-state index contributed by atoms with van der Waals surface area (Å²) in [6.45, 7) is 1.37. The van der Waals surface area contributed by atoms with Crippen molar-refractivity contribution in [3.05, 3.63) is 76.9 Å². The van der Waals surface area contributed by atoms with Crippen molar-refractivity contribution in [3.63, 3.8) is 0 Å². The zero-order valence-corrected chi connectivity index (χ0v) is 18.4. The molecule has 2 aromatic carbocycles. The molecule has 0 saturated heterocycles. The average molecular weight is 462 g/mol. The van der Waals surface area contributed by atoms with Crippen molar-refractivity contribution in [3.8, 4) is 10.4 Å². The third-order valence-corrected chi connectivity index (χ3v) is 7.32. The number of likely N-dealkylation sites (N-methyl/N-ethyl adjacent to an activating group) is 1. The van der Waals surface area contributed by atoms with Crippen molar-refractivity contribution in [2.75, 3.05) is 13.6 Å². The topological polar surface area (TPSA) is 95.6 Å². The lowest BCUT2D eigenvalue weighted by atomic mass is 10.2. The predicted molar refractivity (Wildman–Crippen MR) is 116 cm³/mol. The van der Waals surface area contributed by atoms with Crippen LogP contribution in [0.2, 0.25) is 0 Å². The Morgan fingerprint density at radius 1 is 0.968 bits per heavy atom. The fourth-order valence-electron chi connectivity index (χ4n) is 2.63. The van der Waals surface area contributed by atoms with Crippen LogP contribution in [0, 0.1) is 12.7 Å². The summed E-state index contributed by atoms with van der Waals surface area (Å²) in [4.78, 5) is 25.6. The molecule has 0 atom stereocenters. The van der Waals surface area contributed by atoms with Crippen molar-refractivity contribution < 1.29 is 22.4 Å². The molecule has 0 saturated carbocycles. The number of hydrogen-bond donors (Lipinski definition) is 2. The molecule has 0 bridgehead atoms. The lowest BCUT2D eigenvalue weighted by molar-refractivity contribution is -0.121. The van der Waals surface area contributed by atoms with Crippen LogP contribution in [0.15, 0.2) is 65.6 Å². The van der Waals surface area contributed by atoms with Gasteiger partial charge in [0, 0.05) is 11.9 Å². The highest BCUT2D eigenvalue weighted by Crippen LogP contribution is 2.28. The second-order valence-corrected chi connectivity index (χ2v) is 9.88. The molecule has 0 aliphatic carbocycles. The van der Waals surface area contributed by atoms with E-state index in [4.69, 9.17) is 0 Å². The number of hydrazine groups is 1. The highest BCUT2D eigenvalue weighted by Gasteiger charge is 2.23. The summed E-state index contributed by atoms with van der Waals surface area (Å²) in [7, 11) is -2.55. The number of thiophene rings is 1. The van der Waals surface area contributed by atoms with Crippen LogP contribution in [0.5, 0.6) is 0 Å². The Labute approximate surface area is 183 Å². The van der Waals surface area contributed by atoms with Crippen molar-refractivity contribution in [1.29, 1.82) is 0 Å². The van der Waals surface area contributed by atoms with E-state index in [-0.39, 0.29) is 10.7 Å². The van der Waals surface area contributed by atoms with Gasteiger partial charge < -0.3 is 0 Å². The van der Waals surface area contributed by atoms with Gasteiger partial charge in [0.25, 0.3) is 11.8 Å². The number of benzene rings is 2. The molecule has 0 fully saturated rings. The van der Waals surface area contributed by atoms with Crippen molar-refractivity contribution >= 4 is 33.2 Å². The van der Waals surface area contributed by atoms with Gasteiger partial charge in [0.2, 0.25) is 10.0 Å². The third kappa shape index (κ3) is 5.54. The van der Waals surface area contributed by atoms with E-state index in [9.17, 15) is 22.4 Å². The standard InChI is InChI=1S/C21H20FN3O4S2/c1-14-3-9-17(10-4-14)31(28,29)25(2)13-20(26)23-24-21(27)19-12-11-18(30-19)15-5-7-16(22)8-6-15/h3-12H,13H2,1-2H3,(H,23,26)(H,24,27). The van der Waals surface area contributed by atoms with Gasteiger partial charge in [-0.05, 0) is 48.9 Å². The number of nitrogens with zero attached hydrogens (tertiary/aromatic N) is 1. The Bertz CT molecular complexity index is 1190. The quantitative estimate of drug-likeness (QED) is 0.552. The van der Waals surface area contributed by atoms with E-state index in [1.807, 2.05) is 6.92 Å². The summed E-state index contributed by atoms with van der Waals surface area (Å²) in [5, 5.41) is 0. The highest BCUT2D eigenvalue weighted by molar-refractivity contribution is 7.89. The van der Waals surface area contributed by atoms with E-state index >= 15 is 0 Å². The number of carbonyl (C=O) groups is 2. The molecule has 7 nitrogen and oxygen atoms in total. The normalized spacial score (nSPS) is 11.4. The van der Waals surface area contributed by atoms with Gasteiger partial charge in [0.1, 0.15) is 5.82 Å². The summed E-state index contributed by atoms with van der Waals surface area (Å²) in [5.74, 6) is -1.59. The molecule has 0 aliphatic rings. The lowest BCUT2D eigenvalue weighted by Gasteiger charge is -2.17. The third-order valence-electron chi connectivity index (χ3n) is 4.37. The van der Waals surface area contributed by atoms with Crippen LogP contribution in [0.3, 0.4) is 0 Å². The number of aryl methyl sites for hydroxylation is 1. The van der Waals surface area contributed by atoms with Gasteiger partial charge in [0.05, 0.1) is 16.3 Å². The zero-order chi connectivity index (χ0) is 22.6. The van der Waals surface area contributed by atoms with Gasteiger partial charge in [-0.25, -0.2) is 12.8 Å². The molecule has 0 unspecified atom stereocenters. The molecule has 31 heavy (non-hydrogen) atoms. The van der Waals surface area contributed by atoms with Crippen LogP contribution < -0.4 is 10.9 Å². The number of rotatable bonds is 6. The molecule has 0 spiro atoms. The minimum Gasteiger partial charge on any atom is -0.272 e. The van der Waals surface area contributed by atoms with Crippen LogP contribution in [0.25, 0.3) is 10.4 Å². The molecule has 2 amide bonds. The summed E-state index contributed by atoms with van der Waals surface area (Å²) in [6.07, 6.45) is 0. The molecule has 162 valence electrons. The van der Waals surface area contributed by atoms with Crippen LogP contribution in [0.4, 0.5) is 4.39 Å². The maximum Gasteiger partial charge on any atom is 0.279 e. The first-order chi connectivity index (χ1) is 14.7. The summed E-state index contributed by atoms with van der Waals surface area (Å²) >= 11 is 1.18. The van der Waals surface area contributed by atoms with Gasteiger partial charge in [-0.2, -0.15) is 4.31 Å². The molecule has 1 heterocycles.